The number of ether oxygens (including phenoxy) is 1. The fraction of sp³-hybridized carbons (Fsp3) is 0.818. The van der Waals surface area contributed by atoms with Gasteiger partial charge >= 0.3 is 6.09 Å². The predicted molar refractivity (Wildman–Crippen MR) is 62.1 cm³/mol. The predicted octanol–water partition coefficient (Wildman–Crippen LogP) is 1.28. The first-order chi connectivity index (χ1) is 7.22. The third-order valence-electron chi connectivity index (χ3n) is 1.62. The summed E-state index contributed by atoms with van der Waals surface area (Å²) >= 11 is 0. The van der Waals surface area contributed by atoms with Gasteiger partial charge in [0.15, 0.2) is 0 Å². The first-order valence-corrected chi connectivity index (χ1v) is 5.47. The van der Waals surface area contributed by atoms with Gasteiger partial charge in [0.25, 0.3) is 0 Å². The van der Waals surface area contributed by atoms with Crippen LogP contribution >= 0.6 is 0 Å². The second kappa shape index (κ2) is 6.35. The summed E-state index contributed by atoms with van der Waals surface area (Å²) < 4.78 is 5.03. The van der Waals surface area contributed by atoms with Crippen molar-refractivity contribution >= 4 is 12.0 Å². The average Bonchev–Trinajstić information content (AvgIpc) is 2.08. The van der Waals surface area contributed by atoms with Gasteiger partial charge in [-0.3, -0.25) is 4.79 Å². The highest BCUT2D eigenvalue weighted by Crippen LogP contribution is 2.05. The van der Waals surface area contributed by atoms with Crippen LogP contribution in [0.1, 0.15) is 34.6 Å². The lowest BCUT2D eigenvalue weighted by Crippen LogP contribution is -2.38. The monoisotopic (exact) mass is 230 g/mol. The summed E-state index contributed by atoms with van der Waals surface area (Å²) in [6.07, 6.45) is -0.466. The number of rotatable bonds is 4. The van der Waals surface area contributed by atoms with Crippen molar-refractivity contribution in [1.82, 2.24) is 10.6 Å². The Balaban J connectivity index is 3.60. The molecule has 0 spiro atoms. The van der Waals surface area contributed by atoms with Gasteiger partial charge in [-0.2, -0.15) is 0 Å². The molecular weight excluding hydrogens is 208 g/mol. The largest absolute Gasteiger partial charge is 0.444 e. The maximum atomic E-state index is 11.2. The molecule has 5 nitrogen and oxygen atoms in total. The normalized spacial score (nSPS) is 11.1. The van der Waals surface area contributed by atoms with Gasteiger partial charge in [-0.05, 0) is 20.8 Å². The summed E-state index contributed by atoms with van der Waals surface area (Å²) in [5, 5.41) is 5.25. The Morgan fingerprint density at radius 3 is 2.06 bits per heavy atom. The molecule has 0 rings (SSSR count). The maximum Gasteiger partial charge on any atom is 0.407 e. The van der Waals surface area contributed by atoms with E-state index in [1.165, 1.54) is 0 Å². The molecule has 0 aromatic heterocycles. The van der Waals surface area contributed by atoms with Crippen LogP contribution in [0.15, 0.2) is 0 Å². The van der Waals surface area contributed by atoms with Gasteiger partial charge < -0.3 is 15.4 Å². The molecule has 0 aliphatic carbocycles. The number of amides is 2. The molecule has 0 saturated heterocycles. The highest BCUT2D eigenvalue weighted by Gasteiger charge is 2.15. The zero-order chi connectivity index (χ0) is 12.8. The molecule has 0 bridgehead atoms. The van der Waals surface area contributed by atoms with Crippen molar-refractivity contribution in [2.45, 2.75) is 40.2 Å². The molecule has 0 heterocycles. The van der Waals surface area contributed by atoms with Gasteiger partial charge in [-0.15, -0.1) is 0 Å². The number of hydrogen-bond donors (Lipinski definition) is 2. The van der Waals surface area contributed by atoms with Crippen molar-refractivity contribution < 1.29 is 14.3 Å². The third kappa shape index (κ3) is 8.08. The molecule has 0 aliphatic heterocycles. The van der Waals surface area contributed by atoms with Gasteiger partial charge in [0.05, 0.1) is 0 Å². The van der Waals surface area contributed by atoms with E-state index in [1.54, 1.807) is 20.8 Å². The number of hydrogen-bond acceptors (Lipinski definition) is 3. The van der Waals surface area contributed by atoms with Crippen LogP contribution in [0.4, 0.5) is 4.79 Å². The Kier molecular flexibility index (Phi) is 5.85. The van der Waals surface area contributed by atoms with Crippen molar-refractivity contribution in [3.8, 4) is 0 Å². The number of carbonyl (C=O) groups excluding carboxylic acids is 2. The quantitative estimate of drug-likeness (QED) is 0.715. The van der Waals surface area contributed by atoms with Gasteiger partial charge in [0.2, 0.25) is 5.91 Å². The second-order valence-corrected chi connectivity index (χ2v) is 4.87. The number of carbonyl (C=O) groups is 2. The first-order valence-electron chi connectivity index (χ1n) is 5.47. The van der Waals surface area contributed by atoms with Crippen molar-refractivity contribution in [1.29, 1.82) is 0 Å². The molecule has 0 unspecified atom stereocenters. The van der Waals surface area contributed by atoms with E-state index in [9.17, 15) is 9.59 Å². The smallest absolute Gasteiger partial charge is 0.407 e. The molecule has 2 amide bonds. The van der Waals surface area contributed by atoms with Gasteiger partial charge in [0.1, 0.15) is 5.60 Å². The minimum atomic E-state index is -0.495. The molecule has 0 atom stereocenters. The molecule has 0 saturated carbocycles. The molecule has 94 valence electrons. The first kappa shape index (κ1) is 14.7. The summed E-state index contributed by atoms with van der Waals surface area (Å²) in [5.41, 5.74) is -0.495. The van der Waals surface area contributed by atoms with E-state index in [0.717, 1.165) is 0 Å². The van der Waals surface area contributed by atoms with Crippen molar-refractivity contribution in [2.24, 2.45) is 5.92 Å². The molecule has 0 aromatic carbocycles. The van der Waals surface area contributed by atoms with E-state index in [4.69, 9.17) is 4.74 Å². The Bertz CT molecular complexity index is 244. The van der Waals surface area contributed by atoms with Crippen LogP contribution in [0.25, 0.3) is 0 Å². The van der Waals surface area contributed by atoms with E-state index in [0.29, 0.717) is 13.1 Å². The van der Waals surface area contributed by atoms with Gasteiger partial charge in [0, 0.05) is 19.0 Å². The van der Waals surface area contributed by atoms with Crippen LogP contribution in [0, 0.1) is 5.92 Å². The Morgan fingerprint density at radius 2 is 1.62 bits per heavy atom. The molecule has 0 radical (unpaired) electrons. The van der Waals surface area contributed by atoms with Crippen LogP contribution in [0.2, 0.25) is 0 Å². The zero-order valence-electron chi connectivity index (χ0n) is 10.7. The average molecular weight is 230 g/mol. The summed E-state index contributed by atoms with van der Waals surface area (Å²) in [4.78, 5) is 22.4. The lowest BCUT2D eigenvalue weighted by molar-refractivity contribution is -0.123. The summed E-state index contributed by atoms with van der Waals surface area (Å²) in [7, 11) is 0. The zero-order valence-corrected chi connectivity index (χ0v) is 10.7. The molecule has 0 aromatic rings. The highest BCUT2D eigenvalue weighted by molar-refractivity contribution is 5.77. The van der Waals surface area contributed by atoms with E-state index in [-0.39, 0.29) is 11.8 Å². The minimum Gasteiger partial charge on any atom is -0.444 e. The molecule has 0 aliphatic rings. The number of alkyl carbamates (subject to hydrolysis) is 1. The van der Waals surface area contributed by atoms with Crippen LogP contribution < -0.4 is 10.6 Å². The Hall–Kier alpha value is -1.26. The summed E-state index contributed by atoms with van der Waals surface area (Å²) in [6.45, 7) is 9.81. The molecular formula is C11H22N2O3. The standard InChI is InChI=1S/C11H22N2O3/c1-8(2)9(14)12-6-7-13-10(15)16-11(3,4)5/h8H,6-7H2,1-5H3,(H,12,14)(H,13,15). The van der Waals surface area contributed by atoms with E-state index < -0.39 is 11.7 Å². The number of nitrogens with one attached hydrogen (secondary N) is 2. The maximum absolute atomic E-state index is 11.2. The Labute approximate surface area is 96.9 Å². The van der Waals surface area contributed by atoms with Gasteiger partial charge in [-0.1, -0.05) is 13.8 Å². The lowest BCUT2D eigenvalue weighted by Gasteiger charge is -2.19. The summed E-state index contributed by atoms with van der Waals surface area (Å²) in [6, 6.07) is 0. The van der Waals surface area contributed by atoms with Crippen molar-refractivity contribution in [3.05, 3.63) is 0 Å². The molecule has 16 heavy (non-hydrogen) atoms. The molecule has 2 N–H and O–H groups in total. The van der Waals surface area contributed by atoms with Crippen molar-refractivity contribution in [2.75, 3.05) is 13.1 Å². The van der Waals surface area contributed by atoms with Crippen LogP contribution in [-0.4, -0.2) is 30.7 Å². The fourth-order valence-electron chi connectivity index (χ4n) is 0.869. The van der Waals surface area contributed by atoms with Gasteiger partial charge in [-0.25, -0.2) is 4.79 Å². The fourth-order valence-corrected chi connectivity index (χ4v) is 0.869. The molecule has 5 heteroatoms. The van der Waals surface area contributed by atoms with E-state index in [2.05, 4.69) is 10.6 Å². The van der Waals surface area contributed by atoms with Crippen LogP contribution in [-0.2, 0) is 9.53 Å². The molecule has 0 fully saturated rings. The lowest BCUT2D eigenvalue weighted by atomic mass is 10.2. The second-order valence-electron chi connectivity index (χ2n) is 4.87. The summed E-state index contributed by atoms with van der Waals surface area (Å²) in [5.74, 6) is -0.0625. The van der Waals surface area contributed by atoms with Crippen LogP contribution in [0.5, 0.6) is 0 Å². The SMILES string of the molecule is CC(C)C(=O)NCCNC(=O)OC(C)(C)C. The van der Waals surface area contributed by atoms with Crippen molar-refractivity contribution in [3.63, 3.8) is 0 Å². The van der Waals surface area contributed by atoms with E-state index in [1.807, 2.05) is 13.8 Å². The topological polar surface area (TPSA) is 67.4 Å². The Morgan fingerprint density at radius 1 is 1.12 bits per heavy atom. The highest BCUT2D eigenvalue weighted by atomic mass is 16.6. The van der Waals surface area contributed by atoms with E-state index >= 15 is 0 Å². The third-order valence-corrected chi connectivity index (χ3v) is 1.62. The van der Waals surface area contributed by atoms with Crippen LogP contribution in [0.3, 0.4) is 0 Å². The minimum absolute atomic E-state index is 0.0222.